The molecular formula is C21H22BNO4. The first-order valence-electron chi connectivity index (χ1n) is 9.20. The first-order chi connectivity index (χ1) is 13.2. The molecule has 0 aliphatic carbocycles. The van der Waals surface area contributed by atoms with Crippen LogP contribution >= 0.6 is 0 Å². The highest BCUT2D eigenvalue weighted by molar-refractivity contribution is 6.08. The SMILES string of the molecule is BCc1ccc(COc2cccc3c2CN(C(C=O)CCC=O)C3=O)cc1. The summed E-state index contributed by atoms with van der Waals surface area (Å²) in [4.78, 5) is 36.2. The van der Waals surface area contributed by atoms with E-state index in [9.17, 15) is 14.4 Å². The van der Waals surface area contributed by atoms with Gasteiger partial charge in [0.15, 0.2) is 0 Å². The van der Waals surface area contributed by atoms with Crippen molar-refractivity contribution in [3.8, 4) is 5.75 Å². The fourth-order valence-electron chi connectivity index (χ4n) is 3.30. The smallest absolute Gasteiger partial charge is 0.255 e. The topological polar surface area (TPSA) is 63.7 Å². The van der Waals surface area contributed by atoms with Gasteiger partial charge in [-0.1, -0.05) is 42.2 Å². The third kappa shape index (κ3) is 4.10. The molecule has 0 N–H and O–H groups in total. The first-order valence-corrected chi connectivity index (χ1v) is 9.20. The zero-order valence-electron chi connectivity index (χ0n) is 15.4. The van der Waals surface area contributed by atoms with Crippen molar-refractivity contribution < 1.29 is 19.1 Å². The average molecular weight is 363 g/mol. The molecule has 0 radical (unpaired) electrons. The molecule has 0 fully saturated rings. The molecular weight excluding hydrogens is 341 g/mol. The summed E-state index contributed by atoms with van der Waals surface area (Å²) < 4.78 is 5.98. The number of carbonyl (C=O) groups excluding carboxylic acids is 3. The van der Waals surface area contributed by atoms with E-state index in [-0.39, 0.29) is 12.3 Å². The molecule has 6 heteroatoms. The van der Waals surface area contributed by atoms with E-state index in [0.29, 0.717) is 30.9 Å². The predicted molar refractivity (Wildman–Crippen MR) is 104 cm³/mol. The molecule has 1 aliphatic rings. The molecule has 1 unspecified atom stereocenters. The lowest BCUT2D eigenvalue weighted by molar-refractivity contribution is -0.112. The van der Waals surface area contributed by atoms with Crippen LogP contribution in [0.3, 0.4) is 0 Å². The van der Waals surface area contributed by atoms with Crippen LogP contribution in [0.15, 0.2) is 42.5 Å². The quantitative estimate of drug-likeness (QED) is 0.504. The molecule has 0 bridgehead atoms. The molecule has 138 valence electrons. The number of aldehydes is 2. The van der Waals surface area contributed by atoms with E-state index in [0.717, 1.165) is 30.0 Å². The molecule has 2 aromatic rings. The highest BCUT2D eigenvalue weighted by Gasteiger charge is 2.34. The highest BCUT2D eigenvalue weighted by atomic mass is 16.5. The molecule has 1 amide bonds. The van der Waals surface area contributed by atoms with Gasteiger partial charge in [-0.2, -0.15) is 0 Å². The van der Waals surface area contributed by atoms with Crippen LogP contribution < -0.4 is 4.74 Å². The number of fused-ring (bicyclic) bond motifs is 1. The predicted octanol–water partition coefficient (Wildman–Crippen LogP) is 1.90. The van der Waals surface area contributed by atoms with Crippen LogP contribution in [0.2, 0.25) is 0 Å². The van der Waals surface area contributed by atoms with Gasteiger partial charge in [0, 0.05) is 17.5 Å². The maximum atomic E-state index is 12.7. The van der Waals surface area contributed by atoms with Gasteiger partial charge in [0.1, 0.15) is 32.8 Å². The molecule has 0 spiro atoms. The number of hydrogen-bond donors (Lipinski definition) is 0. The Hall–Kier alpha value is -2.89. The monoisotopic (exact) mass is 363 g/mol. The van der Waals surface area contributed by atoms with Crippen LogP contribution in [0.1, 0.15) is 39.9 Å². The van der Waals surface area contributed by atoms with Gasteiger partial charge in [0.25, 0.3) is 5.91 Å². The zero-order valence-corrected chi connectivity index (χ0v) is 15.4. The number of ether oxygens (including phenoxy) is 1. The molecule has 2 aromatic carbocycles. The Morgan fingerprint density at radius 3 is 2.52 bits per heavy atom. The summed E-state index contributed by atoms with van der Waals surface area (Å²) >= 11 is 0. The van der Waals surface area contributed by atoms with E-state index >= 15 is 0 Å². The van der Waals surface area contributed by atoms with Crippen molar-refractivity contribution in [2.45, 2.75) is 38.4 Å². The number of nitrogens with zero attached hydrogens (tertiary/aromatic N) is 1. The van der Waals surface area contributed by atoms with E-state index in [4.69, 9.17) is 4.74 Å². The lowest BCUT2D eigenvalue weighted by Crippen LogP contribution is -2.36. The van der Waals surface area contributed by atoms with E-state index in [1.165, 1.54) is 10.5 Å². The maximum Gasteiger partial charge on any atom is 0.255 e. The van der Waals surface area contributed by atoms with E-state index in [1.807, 2.05) is 18.2 Å². The van der Waals surface area contributed by atoms with Crippen LogP contribution in [0.4, 0.5) is 0 Å². The molecule has 27 heavy (non-hydrogen) atoms. The van der Waals surface area contributed by atoms with Gasteiger partial charge in [0.2, 0.25) is 0 Å². The summed E-state index contributed by atoms with van der Waals surface area (Å²) in [5, 5.41) is 0. The third-order valence-electron chi connectivity index (χ3n) is 4.92. The fraction of sp³-hybridized carbons (Fsp3) is 0.286. The van der Waals surface area contributed by atoms with E-state index < -0.39 is 6.04 Å². The minimum Gasteiger partial charge on any atom is -0.489 e. The number of carbonyl (C=O) groups is 3. The number of rotatable bonds is 9. The van der Waals surface area contributed by atoms with Crippen molar-refractivity contribution in [2.75, 3.05) is 0 Å². The Kier molecular flexibility index (Phi) is 6.06. The molecule has 0 aromatic heterocycles. The van der Waals surface area contributed by atoms with Crippen LogP contribution in [-0.2, 0) is 29.1 Å². The molecule has 3 rings (SSSR count). The fourth-order valence-corrected chi connectivity index (χ4v) is 3.30. The summed E-state index contributed by atoms with van der Waals surface area (Å²) in [6.45, 7) is 0.734. The normalized spacial score (nSPS) is 13.9. The Labute approximate surface area is 159 Å². The molecule has 1 heterocycles. The molecule has 1 aliphatic heterocycles. The van der Waals surface area contributed by atoms with Gasteiger partial charge in [-0.15, -0.1) is 0 Å². The highest BCUT2D eigenvalue weighted by Crippen LogP contribution is 2.33. The van der Waals surface area contributed by atoms with Crippen LogP contribution in [-0.4, -0.2) is 37.3 Å². The van der Waals surface area contributed by atoms with E-state index in [1.54, 1.807) is 12.1 Å². The Balaban J connectivity index is 1.74. The number of hydrogen-bond acceptors (Lipinski definition) is 4. The second kappa shape index (κ2) is 8.67. The molecule has 0 saturated carbocycles. The summed E-state index contributed by atoms with van der Waals surface area (Å²) in [5.74, 6) is 0.466. The van der Waals surface area contributed by atoms with Crippen molar-refractivity contribution in [1.29, 1.82) is 0 Å². The lowest BCUT2D eigenvalue weighted by atomic mass is 9.96. The summed E-state index contributed by atoms with van der Waals surface area (Å²) in [5.41, 5.74) is 3.69. The van der Waals surface area contributed by atoms with Crippen molar-refractivity contribution >= 4 is 26.3 Å². The zero-order chi connectivity index (χ0) is 19.2. The van der Waals surface area contributed by atoms with Gasteiger partial charge in [-0.05, 0) is 24.1 Å². The molecule has 1 atom stereocenters. The van der Waals surface area contributed by atoms with Gasteiger partial charge in [0.05, 0.1) is 12.6 Å². The summed E-state index contributed by atoms with van der Waals surface area (Å²) in [6.07, 6.45) is 3.09. The van der Waals surface area contributed by atoms with Gasteiger partial charge in [-0.25, -0.2) is 0 Å². The second-order valence-corrected chi connectivity index (χ2v) is 6.62. The second-order valence-electron chi connectivity index (χ2n) is 6.62. The van der Waals surface area contributed by atoms with Gasteiger partial charge < -0.3 is 19.2 Å². The van der Waals surface area contributed by atoms with Crippen molar-refractivity contribution in [1.82, 2.24) is 4.90 Å². The standard InChI is InChI=1S/C21H22BNO4/c22-11-15-6-8-16(9-7-15)14-27-20-5-1-4-18-19(20)12-23(21(18)26)17(13-25)3-2-10-24/h1,4-10,13,17H,2-3,11-12,14,22H2. The van der Waals surface area contributed by atoms with Crippen molar-refractivity contribution in [3.05, 3.63) is 64.7 Å². The first kappa shape index (κ1) is 18.9. The van der Waals surface area contributed by atoms with Crippen molar-refractivity contribution in [3.63, 3.8) is 0 Å². The number of benzene rings is 2. The Bertz CT molecular complexity index is 835. The average Bonchev–Trinajstić information content (AvgIpc) is 3.05. The largest absolute Gasteiger partial charge is 0.489 e. The lowest BCUT2D eigenvalue weighted by Gasteiger charge is -2.22. The van der Waals surface area contributed by atoms with Gasteiger partial charge >= 0.3 is 0 Å². The molecule has 5 nitrogen and oxygen atoms in total. The Morgan fingerprint density at radius 1 is 1.11 bits per heavy atom. The third-order valence-corrected chi connectivity index (χ3v) is 4.92. The van der Waals surface area contributed by atoms with E-state index in [2.05, 4.69) is 20.0 Å². The van der Waals surface area contributed by atoms with Crippen LogP contribution in [0.25, 0.3) is 0 Å². The minimum absolute atomic E-state index is 0.189. The number of amides is 1. The van der Waals surface area contributed by atoms with Crippen LogP contribution in [0.5, 0.6) is 5.75 Å². The van der Waals surface area contributed by atoms with Crippen molar-refractivity contribution in [2.24, 2.45) is 0 Å². The van der Waals surface area contributed by atoms with Gasteiger partial charge in [-0.3, -0.25) is 4.79 Å². The minimum atomic E-state index is -0.593. The summed E-state index contributed by atoms with van der Waals surface area (Å²) in [6, 6.07) is 13.0. The molecule has 0 saturated heterocycles. The van der Waals surface area contributed by atoms with Crippen LogP contribution in [0, 0.1) is 0 Å². The Morgan fingerprint density at radius 2 is 1.85 bits per heavy atom. The summed E-state index contributed by atoms with van der Waals surface area (Å²) in [7, 11) is 2.11. The maximum absolute atomic E-state index is 12.7.